The molecule has 0 unspecified atom stereocenters. The third-order valence-electron chi connectivity index (χ3n) is 5.25. The van der Waals surface area contributed by atoms with Crippen LogP contribution in [0.4, 0.5) is 0 Å². The molecule has 0 saturated carbocycles. The Labute approximate surface area is 152 Å². The number of fused-ring (bicyclic) bond motifs is 1. The molecule has 0 bridgehead atoms. The van der Waals surface area contributed by atoms with E-state index >= 15 is 0 Å². The average molecular weight is 366 g/mol. The number of amides is 1. The Morgan fingerprint density at radius 2 is 2.08 bits per heavy atom. The number of carbonyl (C=O) groups excluding carboxylic acids is 1. The van der Waals surface area contributed by atoms with E-state index < -0.39 is 5.60 Å². The number of hydrogen-bond donors (Lipinski definition) is 1. The van der Waals surface area contributed by atoms with Gasteiger partial charge >= 0.3 is 0 Å². The molecule has 8 heteroatoms. The fourth-order valence-electron chi connectivity index (χ4n) is 3.74. The van der Waals surface area contributed by atoms with Crippen molar-refractivity contribution in [3.05, 3.63) is 18.0 Å². The van der Waals surface area contributed by atoms with E-state index in [1.807, 2.05) is 23.5 Å². The number of piperidine rings is 2. The summed E-state index contributed by atoms with van der Waals surface area (Å²) in [5, 5.41) is 11.7. The molecular formula is C17H26N4O3S. The van der Waals surface area contributed by atoms with E-state index in [1.54, 1.807) is 0 Å². The van der Waals surface area contributed by atoms with Crippen LogP contribution in [0, 0.1) is 5.92 Å². The molecule has 0 spiro atoms. The van der Waals surface area contributed by atoms with Crippen molar-refractivity contribution in [2.24, 2.45) is 5.92 Å². The summed E-state index contributed by atoms with van der Waals surface area (Å²) >= 11 is 1.53. The summed E-state index contributed by atoms with van der Waals surface area (Å²) in [4.78, 5) is 24.9. The van der Waals surface area contributed by atoms with Gasteiger partial charge in [-0.2, -0.15) is 0 Å². The lowest BCUT2D eigenvalue weighted by atomic mass is 9.75. The smallest absolute Gasteiger partial charge is 0.248 e. The second kappa shape index (κ2) is 7.99. The van der Waals surface area contributed by atoms with Crippen LogP contribution < -0.4 is 0 Å². The van der Waals surface area contributed by atoms with E-state index in [1.165, 1.54) is 18.9 Å². The minimum Gasteiger partial charge on any atom is -0.389 e. The third-order valence-corrected chi connectivity index (χ3v) is 5.82. The van der Waals surface area contributed by atoms with E-state index in [0.717, 1.165) is 36.8 Å². The molecule has 2 saturated heterocycles. The molecule has 0 aromatic carbocycles. The van der Waals surface area contributed by atoms with Crippen molar-refractivity contribution in [3.63, 3.8) is 0 Å². The molecule has 2 aliphatic rings. The Bertz CT molecular complexity index is 600. The van der Waals surface area contributed by atoms with E-state index in [0.29, 0.717) is 19.5 Å². The lowest BCUT2D eigenvalue weighted by Gasteiger charge is -2.50. The van der Waals surface area contributed by atoms with Crippen molar-refractivity contribution in [2.75, 3.05) is 46.2 Å². The summed E-state index contributed by atoms with van der Waals surface area (Å²) in [6.45, 7) is 3.71. The number of likely N-dealkylation sites (tertiary alicyclic amines) is 2. The fourth-order valence-corrected chi connectivity index (χ4v) is 4.06. The van der Waals surface area contributed by atoms with Crippen LogP contribution in [0.5, 0.6) is 0 Å². The average Bonchev–Trinajstić information content (AvgIpc) is 2.62. The van der Waals surface area contributed by atoms with Gasteiger partial charge in [0.2, 0.25) is 5.91 Å². The van der Waals surface area contributed by atoms with Gasteiger partial charge in [-0.05, 0) is 19.1 Å². The molecule has 0 radical (unpaired) electrons. The monoisotopic (exact) mass is 366 g/mol. The molecule has 7 nitrogen and oxygen atoms in total. The molecule has 2 atom stereocenters. The van der Waals surface area contributed by atoms with Gasteiger partial charge in [0.05, 0.1) is 5.60 Å². The number of aromatic nitrogens is 2. The SMILES string of the molecule is COCC(=O)N1CC[C@]2(O)CCN(Cc3cnc(SC)nc3)C[C@@H]2C1. The number of carbonyl (C=O) groups is 1. The van der Waals surface area contributed by atoms with Crippen LogP contribution in [0.25, 0.3) is 0 Å². The van der Waals surface area contributed by atoms with E-state index in [-0.39, 0.29) is 18.4 Å². The number of thioether (sulfide) groups is 1. The first-order chi connectivity index (χ1) is 12.0. The van der Waals surface area contributed by atoms with Crippen LogP contribution in [-0.2, 0) is 16.1 Å². The maximum Gasteiger partial charge on any atom is 0.248 e. The lowest BCUT2D eigenvalue weighted by Crippen LogP contribution is -2.60. The Balaban J connectivity index is 1.61. The summed E-state index contributed by atoms with van der Waals surface area (Å²) < 4.78 is 4.96. The van der Waals surface area contributed by atoms with Gasteiger partial charge in [0.1, 0.15) is 6.61 Å². The maximum atomic E-state index is 12.1. The van der Waals surface area contributed by atoms with Crippen molar-refractivity contribution in [2.45, 2.75) is 30.1 Å². The zero-order valence-corrected chi connectivity index (χ0v) is 15.7. The molecule has 2 aliphatic heterocycles. The molecule has 3 rings (SSSR count). The second-order valence-electron chi connectivity index (χ2n) is 6.89. The first-order valence-corrected chi connectivity index (χ1v) is 9.83. The van der Waals surface area contributed by atoms with Crippen LogP contribution in [0.1, 0.15) is 18.4 Å². The van der Waals surface area contributed by atoms with Crippen LogP contribution in [0.3, 0.4) is 0 Å². The van der Waals surface area contributed by atoms with Crippen LogP contribution in [0.2, 0.25) is 0 Å². The summed E-state index contributed by atoms with van der Waals surface area (Å²) in [6.07, 6.45) is 7.09. The summed E-state index contributed by atoms with van der Waals surface area (Å²) in [5.74, 6) is 0.0740. The molecule has 0 aliphatic carbocycles. The zero-order chi connectivity index (χ0) is 17.9. The number of hydrogen-bond acceptors (Lipinski definition) is 7. The lowest BCUT2D eigenvalue weighted by molar-refractivity contribution is -0.150. The van der Waals surface area contributed by atoms with Crippen molar-refractivity contribution in [1.82, 2.24) is 19.8 Å². The van der Waals surface area contributed by atoms with Crippen LogP contribution in [0.15, 0.2) is 17.6 Å². The van der Waals surface area contributed by atoms with Crippen molar-refractivity contribution >= 4 is 17.7 Å². The third kappa shape index (κ3) is 4.31. The molecule has 1 aromatic rings. The minimum atomic E-state index is -0.653. The Morgan fingerprint density at radius 1 is 1.36 bits per heavy atom. The standard InChI is InChI=1S/C17H26N4O3S/c1-24-12-15(22)21-6-4-17(23)3-5-20(10-14(17)11-21)9-13-7-18-16(25-2)19-8-13/h7-8,14,23H,3-6,9-12H2,1-2H3/t14-,17-/m1/s1. The largest absolute Gasteiger partial charge is 0.389 e. The number of methoxy groups -OCH3 is 1. The molecule has 138 valence electrons. The Hall–Kier alpha value is -1.22. The van der Waals surface area contributed by atoms with E-state index in [4.69, 9.17) is 4.74 Å². The van der Waals surface area contributed by atoms with Crippen molar-refractivity contribution < 1.29 is 14.6 Å². The zero-order valence-electron chi connectivity index (χ0n) is 14.8. The van der Waals surface area contributed by atoms with Crippen LogP contribution in [-0.4, -0.2) is 82.5 Å². The highest BCUT2D eigenvalue weighted by Crippen LogP contribution is 2.35. The minimum absolute atomic E-state index is 0.00253. The van der Waals surface area contributed by atoms with Gasteiger partial charge in [0.15, 0.2) is 5.16 Å². The second-order valence-corrected chi connectivity index (χ2v) is 7.66. The van der Waals surface area contributed by atoms with Gasteiger partial charge in [-0.3, -0.25) is 9.69 Å². The predicted molar refractivity (Wildman–Crippen MR) is 95.2 cm³/mol. The highest BCUT2D eigenvalue weighted by atomic mass is 32.2. The van der Waals surface area contributed by atoms with Crippen molar-refractivity contribution in [3.8, 4) is 0 Å². The topological polar surface area (TPSA) is 78.8 Å². The fraction of sp³-hybridized carbons (Fsp3) is 0.706. The Kier molecular flexibility index (Phi) is 5.93. The maximum absolute atomic E-state index is 12.1. The Morgan fingerprint density at radius 3 is 2.76 bits per heavy atom. The number of nitrogens with zero attached hydrogens (tertiary/aromatic N) is 4. The molecule has 1 N–H and O–H groups in total. The predicted octanol–water partition coefficient (Wildman–Crippen LogP) is 0.630. The molecule has 1 aromatic heterocycles. The molecule has 2 fully saturated rings. The quantitative estimate of drug-likeness (QED) is 0.605. The highest BCUT2D eigenvalue weighted by molar-refractivity contribution is 7.98. The van der Waals surface area contributed by atoms with E-state index in [9.17, 15) is 9.90 Å². The number of aliphatic hydroxyl groups is 1. The number of rotatable bonds is 5. The van der Waals surface area contributed by atoms with Gasteiger partial charge in [-0.25, -0.2) is 9.97 Å². The van der Waals surface area contributed by atoms with Gasteiger partial charge in [0.25, 0.3) is 0 Å². The van der Waals surface area contributed by atoms with Gasteiger partial charge in [0, 0.05) is 63.7 Å². The van der Waals surface area contributed by atoms with E-state index in [2.05, 4.69) is 14.9 Å². The first-order valence-electron chi connectivity index (χ1n) is 8.60. The van der Waals surface area contributed by atoms with Gasteiger partial charge in [-0.15, -0.1) is 0 Å². The molecule has 3 heterocycles. The van der Waals surface area contributed by atoms with Crippen molar-refractivity contribution in [1.29, 1.82) is 0 Å². The molecular weight excluding hydrogens is 340 g/mol. The summed E-state index contributed by atoms with van der Waals surface area (Å²) in [5.41, 5.74) is 0.422. The molecule has 1 amide bonds. The highest BCUT2D eigenvalue weighted by Gasteiger charge is 2.45. The van der Waals surface area contributed by atoms with Crippen LogP contribution >= 0.6 is 11.8 Å². The first kappa shape index (κ1) is 18.6. The normalized spacial score (nSPS) is 27.2. The summed E-state index contributed by atoms with van der Waals surface area (Å²) in [7, 11) is 1.53. The summed E-state index contributed by atoms with van der Waals surface area (Å²) in [6, 6.07) is 0. The van der Waals surface area contributed by atoms with Gasteiger partial charge in [-0.1, -0.05) is 11.8 Å². The molecule has 25 heavy (non-hydrogen) atoms. The number of ether oxygens (including phenoxy) is 1. The van der Waals surface area contributed by atoms with Gasteiger partial charge < -0.3 is 14.7 Å².